The Morgan fingerprint density at radius 1 is 0.619 bits per heavy atom. The van der Waals surface area contributed by atoms with Crippen LogP contribution in [0.3, 0.4) is 0 Å². The van der Waals surface area contributed by atoms with Crippen LogP contribution < -0.4 is 9.80 Å². The minimum atomic E-state index is -0.0695. The van der Waals surface area contributed by atoms with Crippen LogP contribution in [0.5, 0.6) is 0 Å². The Kier molecular flexibility index (Phi) is 11.0. The summed E-state index contributed by atoms with van der Waals surface area (Å²) >= 11 is 0. The number of hydrogen-bond acceptors (Lipinski definition) is 2. The predicted molar refractivity (Wildman–Crippen MR) is 270 cm³/mol. The zero-order valence-corrected chi connectivity index (χ0v) is 36.5. The molecule has 0 aliphatic heterocycles. The SMILES string of the molecule is C=C/C(=C\C=C\c1cccc2ccccc12)N(c1ccccc1)c1ccccc1C1=CC=C(C2=C(N(C3=CCCC=C3)c3ccc4c(c3)C(C)(C)c3ccccc3-4)C=CCC2)CC1. The molecule has 308 valence electrons. The lowest BCUT2D eigenvalue weighted by atomic mass is 9.82. The third kappa shape index (κ3) is 7.61. The van der Waals surface area contributed by atoms with Crippen molar-refractivity contribution in [3.05, 3.63) is 257 Å². The van der Waals surface area contributed by atoms with Crippen LogP contribution in [-0.4, -0.2) is 0 Å². The predicted octanol–water partition coefficient (Wildman–Crippen LogP) is 16.5. The summed E-state index contributed by atoms with van der Waals surface area (Å²) in [4.78, 5) is 4.90. The number of allylic oxidation sites excluding steroid dienone is 13. The van der Waals surface area contributed by atoms with Crippen molar-refractivity contribution in [2.45, 2.75) is 57.8 Å². The van der Waals surface area contributed by atoms with Crippen molar-refractivity contribution < 1.29 is 0 Å². The molecule has 63 heavy (non-hydrogen) atoms. The van der Waals surface area contributed by atoms with Crippen LogP contribution in [0.2, 0.25) is 0 Å². The lowest BCUT2D eigenvalue weighted by Gasteiger charge is -2.34. The quantitative estimate of drug-likeness (QED) is 0.120. The zero-order chi connectivity index (χ0) is 42.8. The van der Waals surface area contributed by atoms with Gasteiger partial charge in [0.2, 0.25) is 0 Å². The molecule has 6 aromatic carbocycles. The van der Waals surface area contributed by atoms with Gasteiger partial charge < -0.3 is 9.80 Å². The maximum absolute atomic E-state index is 4.33. The first-order valence-electron chi connectivity index (χ1n) is 22.6. The van der Waals surface area contributed by atoms with Crippen LogP contribution in [0, 0.1) is 0 Å². The molecular weight excluding hydrogens is 761 g/mol. The van der Waals surface area contributed by atoms with Gasteiger partial charge in [-0.3, -0.25) is 0 Å². The molecule has 0 heterocycles. The highest BCUT2D eigenvalue weighted by molar-refractivity contribution is 5.91. The van der Waals surface area contributed by atoms with Gasteiger partial charge in [-0.15, -0.1) is 0 Å². The van der Waals surface area contributed by atoms with Crippen molar-refractivity contribution in [2.75, 3.05) is 9.80 Å². The second kappa shape index (κ2) is 17.3. The van der Waals surface area contributed by atoms with Gasteiger partial charge >= 0.3 is 0 Å². The lowest BCUT2D eigenvalue weighted by Crippen LogP contribution is -2.25. The Bertz CT molecular complexity index is 2990. The van der Waals surface area contributed by atoms with Crippen LogP contribution in [0.1, 0.15) is 74.6 Å². The van der Waals surface area contributed by atoms with Crippen LogP contribution in [0.15, 0.2) is 235 Å². The van der Waals surface area contributed by atoms with E-state index in [9.17, 15) is 0 Å². The second-order valence-corrected chi connectivity index (χ2v) is 17.4. The van der Waals surface area contributed by atoms with E-state index in [-0.39, 0.29) is 5.41 Å². The Hall–Kier alpha value is -7.16. The second-order valence-electron chi connectivity index (χ2n) is 17.4. The molecule has 0 saturated heterocycles. The van der Waals surface area contributed by atoms with Gasteiger partial charge in [0.25, 0.3) is 0 Å². The zero-order valence-electron chi connectivity index (χ0n) is 36.5. The first kappa shape index (κ1) is 39.9. The van der Waals surface area contributed by atoms with E-state index in [2.05, 4.69) is 231 Å². The number of nitrogens with zero attached hydrogens (tertiary/aromatic N) is 2. The fraction of sp³-hybridized carbons (Fsp3) is 0.148. The van der Waals surface area contributed by atoms with Gasteiger partial charge in [-0.05, 0) is 148 Å². The van der Waals surface area contributed by atoms with Gasteiger partial charge in [-0.1, -0.05) is 172 Å². The van der Waals surface area contributed by atoms with E-state index in [4.69, 9.17) is 0 Å². The molecule has 6 aromatic rings. The number of rotatable bonds is 11. The Balaban J connectivity index is 1.02. The van der Waals surface area contributed by atoms with Gasteiger partial charge in [0.1, 0.15) is 0 Å². The molecule has 0 unspecified atom stereocenters. The van der Waals surface area contributed by atoms with Gasteiger partial charge in [-0.2, -0.15) is 0 Å². The average molecular weight is 815 g/mol. The molecule has 4 aliphatic carbocycles. The van der Waals surface area contributed by atoms with Crippen LogP contribution in [0.4, 0.5) is 17.1 Å². The Morgan fingerprint density at radius 3 is 2.17 bits per heavy atom. The maximum atomic E-state index is 4.33. The molecule has 0 amide bonds. The fourth-order valence-electron chi connectivity index (χ4n) is 10.1. The molecule has 2 nitrogen and oxygen atoms in total. The highest BCUT2D eigenvalue weighted by atomic mass is 15.2. The number of benzene rings is 6. The van der Waals surface area contributed by atoms with Crippen molar-refractivity contribution in [2.24, 2.45) is 0 Å². The van der Waals surface area contributed by atoms with Gasteiger partial charge in [-0.25, -0.2) is 0 Å². The van der Waals surface area contributed by atoms with E-state index in [1.54, 1.807) is 0 Å². The fourth-order valence-corrected chi connectivity index (χ4v) is 10.1. The molecule has 4 aliphatic rings. The molecule has 0 aromatic heterocycles. The average Bonchev–Trinajstić information content (AvgIpc) is 3.57. The summed E-state index contributed by atoms with van der Waals surface area (Å²) in [6, 6.07) is 50.7. The first-order valence-corrected chi connectivity index (χ1v) is 22.6. The minimum absolute atomic E-state index is 0.0695. The van der Waals surface area contributed by atoms with Crippen molar-refractivity contribution >= 4 is 39.5 Å². The van der Waals surface area contributed by atoms with Gasteiger partial charge in [0, 0.05) is 39.4 Å². The smallest absolute Gasteiger partial charge is 0.0536 e. The van der Waals surface area contributed by atoms with Crippen molar-refractivity contribution in [1.29, 1.82) is 0 Å². The van der Waals surface area contributed by atoms with E-state index in [0.717, 1.165) is 55.6 Å². The highest BCUT2D eigenvalue weighted by Gasteiger charge is 2.36. The Labute approximate surface area is 373 Å². The van der Waals surface area contributed by atoms with Gasteiger partial charge in [0.15, 0.2) is 0 Å². The Morgan fingerprint density at radius 2 is 1.35 bits per heavy atom. The van der Waals surface area contributed by atoms with Crippen LogP contribution >= 0.6 is 0 Å². The molecule has 0 N–H and O–H groups in total. The molecule has 10 rings (SSSR count). The standard InChI is InChI=1S/C61H54N2/c1-4-48(29-20-24-45-23-19-22-44-21-11-12-30-52(44)45)62(49-25-7-5-8-26-49)59-35-17-14-31-53(59)46-37-39-47(40-38-46)54-32-15-18-36-60(54)63(50-27-9-6-10-28-50)51-41-42-56-55-33-13-16-34-57(55)61(2,3)58(56)43-51/h4-5,7-9,11-14,16-31,33-37,39,41-43H,1,6,10,15,32,38,40H2,2-3H3/b24-20+,48-29+. The van der Waals surface area contributed by atoms with Gasteiger partial charge in [0.05, 0.1) is 5.69 Å². The summed E-state index contributed by atoms with van der Waals surface area (Å²) in [6.07, 6.45) is 31.3. The lowest BCUT2D eigenvalue weighted by molar-refractivity contribution is 0.660. The monoisotopic (exact) mass is 814 g/mol. The van der Waals surface area contributed by atoms with Crippen molar-refractivity contribution in [1.82, 2.24) is 0 Å². The topological polar surface area (TPSA) is 6.48 Å². The largest absolute Gasteiger partial charge is 0.311 e. The summed E-state index contributed by atoms with van der Waals surface area (Å²) in [6.45, 7) is 9.09. The van der Waals surface area contributed by atoms with E-state index in [1.807, 2.05) is 6.08 Å². The summed E-state index contributed by atoms with van der Waals surface area (Å²) in [5.74, 6) is 0. The molecule has 0 bridgehead atoms. The first-order chi connectivity index (χ1) is 31.0. The van der Waals surface area contributed by atoms with E-state index < -0.39 is 0 Å². The summed E-state index contributed by atoms with van der Waals surface area (Å²) in [7, 11) is 0. The van der Waals surface area contributed by atoms with Crippen LogP contribution in [0.25, 0.3) is 33.5 Å². The summed E-state index contributed by atoms with van der Waals surface area (Å²) < 4.78 is 0. The maximum Gasteiger partial charge on any atom is 0.0536 e. The molecule has 0 radical (unpaired) electrons. The molecule has 0 atom stereocenters. The molecule has 0 saturated carbocycles. The number of para-hydroxylation sites is 2. The van der Waals surface area contributed by atoms with E-state index >= 15 is 0 Å². The minimum Gasteiger partial charge on any atom is -0.311 e. The van der Waals surface area contributed by atoms with Crippen molar-refractivity contribution in [3.63, 3.8) is 0 Å². The molecule has 0 fully saturated rings. The normalized spacial score (nSPS) is 16.7. The molecular formula is C61H54N2. The summed E-state index contributed by atoms with van der Waals surface area (Å²) in [5.41, 5.74) is 19.1. The molecule has 0 spiro atoms. The molecule has 2 heteroatoms. The third-order valence-electron chi connectivity index (χ3n) is 13.3. The van der Waals surface area contributed by atoms with E-state index in [1.165, 1.54) is 78.0 Å². The summed E-state index contributed by atoms with van der Waals surface area (Å²) in [5, 5.41) is 2.48. The highest BCUT2D eigenvalue weighted by Crippen LogP contribution is 2.51. The van der Waals surface area contributed by atoms with E-state index in [0.29, 0.717) is 0 Å². The van der Waals surface area contributed by atoms with Crippen LogP contribution in [-0.2, 0) is 5.41 Å². The number of fused-ring (bicyclic) bond motifs is 4. The number of hydrogen-bond donors (Lipinski definition) is 0. The number of anilines is 3. The van der Waals surface area contributed by atoms with Crippen molar-refractivity contribution in [3.8, 4) is 11.1 Å². The third-order valence-corrected chi connectivity index (χ3v) is 13.3.